The van der Waals surface area contributed by atoms with Crippen molar-refractivity contribution in [3.05, 3.63) is 5.89 Å². The molecule has 0 amide bonds. The third kappa shape index (κ3) is 3.20. The fourth-order valence-electron chi connectivity index (χ4n) is 1.40. The van der Waals surface area contributed by atoms with Crippen molar-refractivity contribution in [3.8, 4) is 0 Å². The number of hydrogen-bond acceptors (Lipinski definition) is 5. The molecule has 0 aliphatic heterocycles. The van der Waals surface area contributed by atoms with E-state index in [1.54, 1.807) is 0 Å². The summed E-state index contributed by atoms with van der Waals surface area (Å²) in [7, 11) is 0. The lowest BCUT2D eigenvalue weighted by atomic mass is 10.0. The number of nitrogens with two attached hydrogens (primary N) is 1. The summed E-state index contributed by atoms with van der Waals surface area (Å²) >= 11 is 0. The van der Waals surface area contributed by atoms with E-state index in [1.165, 1.54) is 0 Å². The Morgan fingerprint density at radius 1 is 1.31 bits per heavy atom. The Labute approximate surface area is 97.0 Å². The summed E-state index contributed by atoms with van der Waals surface area (Å²) in [6.07, 6.45) is 0.645. The highest BCUT2D eigenvalue weighted by Gasteiger charge is 2.15. The maximum absolute atomic E-state index is 5.96. The summed E-state index contributed by atoms with van der Waals surface area (Å²) in [5.41, 5.74) is 5.96. The molecule has 1 aromatic rings. The van der Waals surface area contributed by atoms with Gasteiger partial charge in [-0.15, -0.1) is 0 Å². The molecule has 0 spiro atoms. The number of hydrogen-bond donors (Lipinski definition) is 1. The first-order chi connectivity index (χ1) is 7.58. The molecule has 1 heterocycles. The third-order valence-corrected chi connectivity index (χ3v) is 2.77. The summed E-state index contributed by atoms with van der Waals surface area (Å²) < 4.78 is 5.19. The number of aromatic nitrogens is 2. The summed E-state index contributed by atoms with van der Waals surface area (Å²) in [5, 5.41) is 3.95. The van der Waals surface area contributed by atoms with Crippen LogP contribution in [0, 0.1) is 5.92 Å². The highest BCUT2D eigenvalue weighted by molar-refractivity contribution is 5.26. The first-order valence-electron chi connectivity index (χ1n) is 5.91. The Balaban J connectivity index is 2.64. The zero-order chi connectivity index (χ0) is 12.1. The lowest BCUT2D eigenvalue weighted by Crippen LogP contribution is -2.29. The lowest BCUT2D eigenvalue weighted by molar-refractivity contribution is 0.352. The van der Waals surface area contributed by atoms with Crippen molar-refractivity contribution in [2.45, 2.75) is 40.2 Å². The predicted molar refractivity (Wildman–Crippen MR) is 64.4 cm³/mol. The van der Waals surface area contributed by atoms with Gasteiger partial charge in [-0.25, -0.2) is 0 Å². The van der Waals surface area contributed by atoms with Gasteiger partial charge in [0, 0.05) is 25.6 Å². The Hall–Kier alpha value is -1.10. The minimum Gasteiger partial charge on any atom is -0.339 e. The lowest BCUT2D eigenvalue weighted by Gasteiger charge is -2.14. The largest absolute Gasteiger partial charge is 0.339 e. The Morgan fingerprint density at radius 3 is 2.44 bits per heavy atom. The van der Waals surface area contributed by atoms with E-state index in [1.807, 2.05) is 4.90 Å². The molecule has 0 radical (unpaired) electrons. The first-order valence-corrected chi connectivity index (χ1v) is 5.91. The second-order valence-electron chi connectivity index (χ2n) is 4.27. The van der Waals surface area contributed by atoms with E-state index in [-0.39, 0.29) is 6.04 Å². The van der Waals surface area contributed by atoms with Crippen LogP contribution in [0.5, 0.6) is 0 Å². The van der Waals surface area contributed by atoms with E-state index in [9.17, 15) is 0 Å². The van der Waals surface area contributed by atoms with Gasteiger partial charge in [-0.05, 0) is 24.9 Å². The standard InChI is InChI=1S/C11H22N4O/c1-5-15(6-2)11-13-10(16-14-11)7-9(12)8(3)4/h8-9H,5-7,12H2,1-4H3. The maximum Gasteiger partial charge on any atom is 0.266 e. The smallest absolute Gasteiger partial charge is 0.266 e. The Morgan fingerprint density at radius 2 is 1.94 bits per heavy atom. The van der Waals surface area contributed by atoms with Gasteiger partial charge in [0.05, 0.1) is 0 Å². The minimum atomic E-state index is 0.0741. The normalized spacial score (nSPS) is 13.1. The number of anilines is 1. The maximum atomic E-state index is 5.96. The summed E-state index contributed by atoms with van der Waals surface area (Å²) in [5.74, 6) is 1.71. The van der Waals surface area contributed by atoms with Crippen LogP contribution in [0.4, 0.5) is 5.95 Å². The van der Waals surface area contributed by atoms with Crippen molar-refractivity contribution in [2.75, 3.05) is 18.0 Å². The quantitative estimate of drug-likeness (QED) is 0.795. The Kier molecular flexibility index (Phi) is 4.73. The van der Waals surface area contributed by atoms with Gasteiger partial charge in [-0.3, -0.25) is 0 Å². The third-order valence-electron chi connectivity index (χ3n) is 2.77. The van der Waals surface area contributed by atoms with Crippen molar-refractivity contribution in [2.24, 2.45) is 11.7 Å². The molecule has 0 saturated carbocycles. The highest BCUT2D eigenvalue weighted by atomic mass is 16.5. The average Bonchev–Trinajstić information content (AvgIpc) is 2.68. The van der Waals surface area contributed by atoms with Gasteiger partial charge < -0.3 is 15.2 Å². The van der Waals surface area contributed by atoms with E-state index in [2.05, 4.69) is 37.8 Å². The molecule has 5 nitrogen and oxygen atoms in total. The van der Waals surface area contributed by atoms with E-state index >= 15 is 0 Å². The van der Waals surface area contributed by atoms with Gasteiger partial charge in [-0.2, -0.15) is 4.98 Å². The summed E-state index contributed by atoms with van der Waals surface area (Å²) in [6, 6.07) is 0.0741. The fraction of sp³-hybridized carbons (Fsp3) is 0.818. The molecule has 0 aliphatic rings. The molecule has 16 heavy (non-hydrogen) atoms. The molecule has 92 valence electrons. The van der Waals surface area contributed by atoms with Crippen molar-refractivity contribution in [3.63, 3.8) is 0 Å². The Bertz CT molecular complexity index is 307. The van der Waals surface area contributed by atoms with Crippen LogP contribution in [0.3, 0.4) is 0 Å². The van der Waals surface area contributed by atoms with Crippen LogP contribution in [-0.4, -0.2) is 29.3 Å². The van der Waals surface area contributed by atoms with Crippen molar-refractivity contribution < 1.29 is 4.52 Å². The van der Waals surface area contributed by atoms with Crippen LogP contribution in [0.25, 0.3) is 0 Å². The van der Waals surface area contributed by atoms with Crippen molar-refractivity contribution >= 4 is 5.95 Å². The van der Waals surface area contributed by atoms with E-state index in [0.29, 0.717) is 24.2 Å². The second-order valence-corrected chi connectivity index (χ2v) is 4.27. The van der Waals surface area contributed by atoms with Crippen LogP contribution in [0.15, 0.2) is 4.52 Å². The fourth-order valence-corrected chi connectivity index (χ4v) is 1.40. The monoisotopic (exact) mass is 226 g/mol. The van der Waals surface area contributed by atoms with E-state index in [4.69, 9.17) is 10.3 Å². The van der Waals surface area contributed by atoms with Crippen LogP contribution < -0.4 is 10.6 Å². The SMILES string of the molecule is CCN(CC)c1noc(CC(N)C(C)C)n1. The molecule has 1 unspecified atom stereocenters. The molecule has 1 atom stereocenters. The first kappa shape index (κ1) is 13.0. The summed E-state index contributed by atoms with van der Waals surface area (Å²) in [4.78, 5) is 6.39. The molecular weight excluding hydrogens is 204 g/mol. The molecule has 0 bridgehead atoms. The molecule has 0 saturated heterocycles. The number of rotatable bonds is 6. The molecule has 0 aliphatic carbocycles. The molecular formula is C11H22N4O. The molecule has 0 aromatic carbocycles. The molecule has 1 rings (SSSR count). The molecule has 5 heteroatoms. The van der Waals surface area contributed by atoms with Gasteiger partial charge in [0.1, 0.15) is 0 Å². The van der Waals surface area contributed by atoms with Gasteiger partial charge in [0.15, 0.2) is 0 Å². The van der Waals surface area contributed by atoms with Gasteiger partial charge in [0.25, 0.3) is 5.95 Å². The van der Waals surface area contributed by atoms with Crippen LogP contribution >= 0.6 is 0 Å². The number of nitrogens with zero attached hydrogens (tertiary/aromatic N) is 3. The molecule has 2 N–H and O–H groups in total. The topological polar surface area (TPSA) is 68.2 Å². The van der Waals surface area contributed by atoms with Gasteiger partial charge >= 0.3 is 0 Å². The summed E-state index contributed by atoms with van der Waals surface area (Å²) in [6.45, 7) is 10.1. The molecule has 1 aromatic heterocycles. The average molecular weight is 226 g/mol. The van der Waals surface area contributed by atoms with Gasteiger partial charge in [-0.1, -0.05) is 13.8 Å². The predicted octanol–water partition coefficient (Wildman–Crippen LogP) is 1.44. The zero-order valence-electron chi connectivity index (χ0n) is 10.6. The van der Waals surface area contributed by atoms with Crippen LogP contribution in [-0.2, 0) is 6.42 Å². The highest BCUT2D eigenvalue weighted by Crippen LogP contribution is 2.11. The van der Waals surface area contributed by atoms with Crippen molar-refractivity contribution in [1.29, 1.82) is 0 Å². The van der Waals surface area contributed by atoms with Crippen LogP contribution in [0.2, 0.25) is 0 Å². The van der Waals surface area contributed by atoms with Crippen LogP contribution in [0.1, 0.15) is 33.6 Å². The van der Waals surface area contributed by atoms with Crippen molar-refractivity contribution in [1.82, 2.24) is 10.1 Å². The van der Waals surface area contributed by atoms with Gasteiger partial charge in [0.2, 0.25) is 5.89 Å². The zero-order valence-corrected chi connectivity index (χ0v) is 10.6. The second kappa shape index (κ2) is 5.84. The minimum absolute atomic E-state index is 0.0741. The van der Waals surface area contributed by atoms with E-state index in [0.717, 1.165) is 13.1 Å². The van der Waals surface area contributed by atoms with E-state index < -0.39 is 0 Å². The molecule has 0 fully saturated rings.